The molecular formula is C14H19NO3. The van der Waals surface area contributed by atoms with E-state index < -0.39 is 0 Å². The molecule has 1 rings (SSSR count). The first kappa shape index (κ1) is 14.3. The monoisotopic (exact) mass is 249 g/mol. The number of amides is 1. The fourth-order valence-electron chi connectivity index (χ4n) is 1.60. The number of carbonyl (C=O) groups excluding carboxylic acids is 1. The molecule has 18 heavy (non-hydrogen) atoms. The number of nitrogens with zero attached hydrogens (tertiary/aromatic N) is 1. The van der Waals surface area contributed by atoms with Crippen molar-refractivity contribution in [1.29, 1.82) is 0 Å². The van der Waals surface area contributed by atoms with Crippen molar-refractivity contribution < 1.29 is 14.6 Å². The molecule has 0 saturated carbocycles. The van der Waals surface area contributed by atoms with E-state index in [9.17, 15) is 4.79 Å². The van der Waals surface area contributed by atoms with Gasteiger partial charge in [-0.05, 0) is 31.2 Å². The van der Waals surface area contributed by atoms with E-state index in [4.69, 9.17) is 9.84 Å². The van der Waals surface area contributed by atoms with Crippen molar-refractivity contribution in [3.63, 3.8) is 0 Å². The summed E-state index contributed by atoms with van der Waals surface area (Å²) >= 11 is 0. The molecule has 1 N–H and O–H groups in total. The van der Waals surface area contributed by atoms with Gasteiger partial charge in [-0.25, -0.2) is 0 Å². The Balaban J connectivity index is 2.77. The highest BCUT2D eigenvalue weighted by atomic mass is 16.5. The van der Waals surface area contributed by atoms with E-state index in [-0.39, 0.29) is 12.5 Å². The third kappa shape index (κ3) is 3.89. The molecule has 1 aromatic carbocycles. The molecule has 0 aliphatic heterocycles. The standard InChI is InChI=1S/C14H19NO3/c1-3-9-15(10-11-16)14(17)12-5-7-13(8-6-12)18-4-2/h3,5-8,16H,1,4,9-11H2,2H3. The second-order valence-electron chi connectivity index (χ2n) is 3.72. The maximum Gasteiger partial charge on any atom is 0.254 e. The van der Waals surface area contributed by atoms with Crippen LogP contribution < -0.4 is 4.74 Å². The van der Waals surface area contributed by atoms with Crippen LogP contribution in [-0.2, 0) is 0 Å². The Hall–Kier alpha value is -1.81. The molecule has 0 fully saturated rings. The number of aliphatic hydroxyl groups excluding tert-OH is 1. The largest absolute Gasteiger partial charge is 0.494 e. The van der Waals surface area contributed by atoms with Gasteiger partial charge < -0.3 is 14.7 Å². The van der Waals surface area contributed by atoms with Crippen molar-refractivity contribution in [3.05, 3.63) is 42.5 Å². The summed E-state index contributed by atoms with van der Waals surface area (Å²) < 4.78 is 5.31. The van der Waals surface area contributed by atoms with Gasteiger partial charge in [-0.1, -0.05) is 6.08 Å². The molecule has 0 atom stereocenters. The Bertz CT molecular complexity index is 387. The van der Waals surface area contributed by atoms with Crippen molar-refractivity contribution in [2.45, 2.75) is 6.92 Å². The van der Waals surface area contributed by atoms with Crippen molar-refractivity contribution in [2.24, 2.45) is 0 Å². The third-order valence-corrected chi connectivity index (χ3v) is 2.42. The Kier molecular flexibility index (Phi) is 5.94. The average Bonchev–Trinajstić information content (AvgIpc) is 2.39. The molecule has 0 aliphatic carbocycles. The van der Waals surface area contributed by atoms with Crippen molar-refractivity contribution >= 4 is 5.91 Å². The predicted molar refractivity (Wildman–Crippen MR) is 70.8 cm³/mol. The summed E-state index contributed by atoms with van der Waals surface area (Å²) in [6.45, 7) is 6.78. The maximum absolute atomic E-state index is 12.1. The summed E-state index contributed by atoms with van der Waals surface area (Å²) in [5, 5.41) is 8.92. The quantitative estimate of drug-likeness (QED) is 0.748. The lowest BCUT2D eigenvalue weighted by molar-refractivity contribution is 0.0743. The molecule has 0 aromatic heterocycles. The molecule has 0 bridgehead atoms. The smallest absolute Gasteiger partial charge is 0.254 e. The van der Waals surface area contributed by atoms with E-state index in [1.54, 1.807) is 35.2 Å². The fourth-order valence-corrected chi connectivity index (χ4v) is 1.60. The van der Waals surface area contributed by atoms with Gasteiger partial charge in [-0.15, -0.1) is 6.58 Å². The van der Waals surface area contributed by atoms with E-state index in [0.717, 1.165) is 5.75 Å². The van der Waals surface area contributed by atoms with Crippen molar-refractivity contribution in [1.82, 2.24) is 4.90 Å². The Morgan fingerprint density at radius 3 is 2.61 bits per heavy atom. The topological polar surface area (TPSA) is 49.8 Å². The summed E-state index contributed by atoms with van der Waals surface area (Å²) in [7, 11) is 0. The molecule has 0 unspecified atom stereocenters. The number of hydrogen-bond donors (Lipinski definition) is 1. The lowest BCUT2D eigenvalue weighted by Gasteiger charge is -2.20. The maximum atomic E-state index is 12.1. The first-order valence-corrected chi connectivity index (χ1v) is 5.96. The van der Waals surface area contributed by atoms with Crippen LogP contribution >= 0.6 is 0 Å². The van der Waals surface area contributed by atoms with Crippen LogP contribution in [0.3, 0.4) is 0 Å². The lowest BCUT2D eigenvalue weighted by Crippen LogP contribution is -2.33. The van der Waals surface area contributed by atoms with Crippen LogP contribution in [0, 0.1) is 0 Å². The van der Waals surface area contributed by atoms with Crippen LogP contribution in [0.4, 0.5) is 0 Å². The van der Waals surface area contributed by atoms with Gasteiger partial charge in [0, 0.05) is 18.7 Å². The number of carbonyl (C=O) groups is 1. The Labute approximate surface area is 107 Å². The number of benzene rings is 1. The zero-order chi connectivity index (χ0) is 13.4. The van der Waals surface area contributed by atoms with Crippen molar-refractivity contribution in [2.75, 3.05) is 26.3 Å². The lowest BCUT2D eigenvalue weighted by atomic mass is 10.2. The number of hydrogen-bond acceptors (Lipinski definition) is 3. The van der Waals surface area contributed by atoms with Gasteiger partial charge in [-0.2, -0.15) is 0 Å². The van der Waals surface area contributed by atoms with Crippen LogP contribution in [0.5, 0.6) is 5.75 Å². The van der Waals surface area contributed by atoms with E-state index in [2.05, 4.69) is 6.58 Å². The predicted octanol–water partition coefficient (Wildman–Crippen LogP) is 1.71. The molecule has 1 amide bonds. The molecule has 0 radical (unpaired) electrons. The van der Waals surface area contributed by atoms with Crippen LogP contribution in [0.1, 0.15) is 17.3 Å². The van der Waals surface area contributed by atoms with Crippen LogP contribution in [0.25, 0.3) is 0 Å². The molecule has 0 saturated heterocycles. The van der Waals surface area contributed by atoms with E-state index >= 15 is 0 Å². The van der Waals surface area contributed by atoms with E-state index in [1.807, 2.05) is 6.92 Å². The van der Waals surface area contributed by atoms with Gasteiger partial charge in [-0.3, -0.25) is 4.79 Å². The summed E-state index contributed by atoms with van der Waals surface area (Å²) in [5.41, 5.74) is 0.578. The van der Waals surface area contributed by atoms with Crippen LogP contribution in [0.15, 0.2) is 36.9 Å². The first-order valence-electron chi connectivity index (χ1n) is 5.96. The van der Waals surface area contributed by atoms with Crippen LogP contribution in [0.2, 0.25) is 0 Å². The van der Waals surface area contributed by atoms with Gasteiger partial charge in [0.1, 0.15) is 5.75 Å². The minimum Gasteiger partial charge on any atom is -0.494 e. The summed E-state index contributed by atoms with van der Waals surface area (Å²) in [5.74, 6) is 0.624. The van der Waals surface area contributed by atoms with Gasteiger partial charge in [0.15, 0.2) is 0 Å². The van der Waals surface area contributed by atoms with Gasteiger partial charge in [0.2, 0.25) is 0 Å². The second kappa shape index (κ2) is 7.50. The summed E-state index contributed by atoms with van der Waals surface area (Å²) in [6, 6.07) is 6.98. The van der Waals surface area contributed by atoms with Crippen LogP contribution in [-0.4, -0.2) is 42.2 Å². The normalized spacial score (nSPS) is 9.89. The zero-order valence-electron chi connectivity index (χ0n) is 10.6. The van der Waals surface area contributed by atoms with Gasteiger partial charge in [0.25, 0.3) is 5.91 Å². The highest BCUT2D eigenvalue weighted by molar-refractivity contribution is 5.94. The Morgan fingerprint density at radius 2 is 2.11 bits per heavy atom. The molecule has 0 aliphatic rings. The molecule has 4 nitrogen and oxygen atoms in total. The van der Waals surface area contributed by atoms with Gasteiger partial charge >= 0.3 is 0 Å². The Morgan fingerprint density at radius 1 is 1.44 bits per heavy atom. The SMILES string of the molecule is C=CCN(CCO)C(=O)c1ccc(OCC)cc1. The number of aliphatic hydroxyl groups is 1. The average molecular weight is 249 g/mol. The molecule has 0 spiro atoms. The van der Waals surface area contributed by atoms with Gasteiger partial charge in [0.05, 0.1) is 13.2 Å². The molecule has 0 heterocycles. The second-order valence-corrected chi connectivity index (χ2v) is 3.72. The van der Waals surface area contributed by atoms with Crippen molar-refractivity contribution in [3.8, 4) is 5.75 Å². The first-order chi connectivity index (χ1) is 8.72. The number of ether oxygens (including phenoxy) is 1. The third-order valence-electron chi connectivity index (χ3n) is 2.42. The highest BCUT2D eigenvalue weighted by Gasteiger charge is 2.13. The molecule has 4 heteroatoms. The number of rotatable bonds is 7. The fraction of sp³-hybridized carbons (Fsp3) is 0.357. The minimum absolute atomic E-state index is 0.0589. The highest BCUT2D eigenvalue weighted by Crippen LogP contribution is 2.13. The minimum atomic E-state index is -0.119. The molecule has 98 valence electrons. The molecular weight excluding hydrogens is 230 g/mol. The summed E-state index contributed by atoms with van der Waals surface area (Å²) in [4.78, 5) is 13.7. The zero-order valence-corrected chi connectivity index (χ0v) is 10.6. The summed E-state index contributed by atoms with van der Waals surface area (Å²) in [6.07, 6.45) is 1.64. The van der Waals surface area contributed by atoms with E-state index in [0.29, 0.717) is 25.3 Å². The molecule has 1 aromatic rings. The van der Waals surface area contributed by atoms with E-state index in [1.165, 1.54) is 0 Å².